The molecule has 0 bridgehead atoms. The number of fused-ring (bicyclic) bond motifs is 1. The number of hydrogen-bond donors (Lipinski definition) is 1. The van der Waals surface area contributed by atoms with Gasteiger partial charge >= 0.3 is 0 Å². The smallest absolute Gasteiger partial charge is 0.246 e. The Morgan fingerprint density at radius 3 is 2.88 bits per heavy atom. The number of aliphatic hydroxyl groups excluding tert-OH is 1. The second kappa shape index (κ2) is 6.15. The largest absolute Gasteiger partial charge is 0.391 e. The normalized spacial score (nSPS) is 21.9. The molecule has 0 spiro atoms. The standard InChI is InChI=1S/C18H17N5O2/c19-7-12-1-2-13-8-22(9-14(13)5-12)18(25)16-6-15(24)10-23(16)17-3-4-20-11-21-17/h1-5,11,15-16,24H,6,8-10H2. The number of β-amino-alcohol motifs (C(OH)–C–C–N with tert-alkyl or cyclic N) is 1. The third kappa shape index (κ3) is 2.81. The summed E-state index contributed by atoms with van der Waals surface area (Å²) in [6, 6.07) is 8.97. The molecule has 7 nitrogen and oxygen atoms in total. The number of carbonyl (C=O) groups excluding carboxylic acids is 1. The Morgan fingerprint density at radius 1 is 1.28 bits per heavy atom. The van der Waals surface area contributed by atoms with Crippen LogP contribution in [0.2, 0.25) is 0 Å². The number of carbonyl (C=O) groups is 1. The summed E-state index contributed by atoms with van der Waals surface area (Å²) in [5.74, 6) is 0.623. The van der Waals surface area contributed by atoms with E-state index in [1.807, 2.05) is 17.0 Å². The summed E-state index contributed by atoms with van der Waals surface area (Å²) >= 11 is 0. The molecular formula is C18H17N5O2. The molecule has 0 radical (unpaired) electrons. The Labute approximate surface area is 145 Å². The first-order valence-electron chi connectivity index (χ1n) is 8.17. The van der Waals surface area contributed by atoms with Gasteiger partial charge in [0.05, 0.1) is 17.7 Å². The van der Waals surface area contributed by atoms with Crippen molar-refractivity contribution in [3.63, 3.8) is 0 Å². The fourth-order valence-corrected chi connectivity index (χ4v) is 3.59. The summed E-state index contributed by atoms with van der Waals surface area (Å²) < 4.78 is 0. The maximum atomic E-state index is 13.1. The van der Waals surface area contributed by atoms with E-state index in [9.17, 15) is 9.90 Å². The molecule has 4 rings (SSSR count). The molecular weight excluding hydrogens is 318 g/mol. The highest BCUT2D eigenvalue weighted by atomic mass is 16.3. The number of rotatable bonds is 2. The minimum absolute atomic E-state index is 0.0233. The molecule has 1 aromatic carbocycles. The van der Waals surface area contributed by atoms with E-state index in [1.165, 1.54) is 6.33 Å². The molecule has 126 valence electrons. The lowest BCUT2D eigenvalue weighted by Gasteiger charge is -2.28. The van der Waals surface area contributed by atoms with Crippen molar-refractivity contribution in [1.82, 2.24) is 14.9 Å². The van der Waals surface area contributed by atoms with Crippen LogP contribution in [-0.4, -0.2) is 44.6 Å². The SMILES string of the molecule is N#Cc1ccc2c(c1)CN(C(=O)C1CC(O)CN1c1ccncn1)C2. The Morgan fingerprint density at radius 2 is 2.12 bits per heavy atom. The number of hydrogen-bond acceptors (Lipinski definition) is 6. The van der Waals surface area contributed by atoms with Crippen LogP contribution in [-0.2, 0) is 17.9 Å². The molecule has 25 heavy (non-hydrogen) atoms. The number of benzene rings is 1. The van der Waals surface area contributed by atoms with Gasteiger partial charge in [0.1, 0.15) is 18.2 Å². The first-order valence-corrected chi connectivity index (χ1v) is 8.17. The van der Waals surface area contributed by atoms with E-state index in [-0.39, 0.29) is 5.91 Å². The lowest BCUT2D eigenvalue weighted by molar-refractivity contribution is -0.133. The molecule has 2 unspecified atom stereocenters. The summed E-state index contributed by atoms with van der Waals surface area (Å²) in [6.07, 6.45) is 2.90. The molecule has 1 saturated heterocycles. The highest BCUT2D eigenvalue weighted by molar-refractivity contribution is 5.86. The molecule has 2 aromatic rings. The first-order chi connectivity index (χ1) is 12.2. The molecule has 2 aliphatic rings. The third-order valence-corrected chi connectivity index (χ3v) is 4.79. The highest BCUT2D eigenvalue weighted by Gasteiger charge is 2.40. The van der Waals surface area contributed by atoms with Gasteiger partial charge in [0.2, 0.25) is 5.91 Å². The zero-order valence-electron chi connectivity index (χ0n) is 13.5. The van der Waals surface area contributed by atoms with Gasteiger partial charge in [-0.25, -0.2) is 9.97 Å². The first kappa shape index (κ1) is 15.5. The average Bonchev–Trinajstić information content (AvgIpc) is 3.24. The molecule has 2 atom stereocenters. The van der Waals surface area contributed by atoms with Gasteiger partial charge in [-0.3, -0.25) is 4.79 Å². The van der Waals surface area contributed by atoms with Gasteiger partial charge in [-0.2, -0.15) is 5.26 Å². The number of nitriles is 1. The Bertz CT molecular complexity index is 848. The van der Waals surface area contributed by atoms with Crippen LogP contribution in [0.3, 0.4) is 0 Å². The fraction of sp³-hybridized carbons (Fsp3) is 0.333. The third-order valence-electron chi connectivity index (χ3n) is 4.79. The summed E-state index contributed by atoms with van der Waals surface area (Å²) in [5, 5.41) is 19.1. The Hall–Kier alpha value is -2.98. The molecule has 7 heteroatoms. The quantitative estimate of drug-likeness (QED) is 0.874. The van der Waals surface area contributed by atoms with Crippen molar-refractivity contribution >= 4 is 11.7 Å². The van der Waals surface area contributed by atoms with Crippen LogP contribution in [0.15, 0.2) is 36.8 Å². The molecule has 2 aliphatic heterocycles. The zero-order valence-corrected chi connectivity index (χ0v) is 13.5. The number of aromatic nitrogens is 2. The van der Waals surface area contributed by atoms with Crippen LogP contribution >= 0.6 is 0 Å². The maximum Gasteiger partial charge on any atom is 0.246 e. The second-order valence-corrected chi connectivity index (χ2v) is 6.41. The van der Waals surface area contributed by atoms with Crippen molar-refractivity contribution in [1.29, 1.82) is 5.26 Å². The molecule has 0 aliphatic carbocycles. The van der Waals surface area contributed by atoms with E-state index in [0.29, 0.717) is 37.4 Å². The van der Waals surface area contributed by atoms with E-state index >= 15 is 0 Å². The van der Waals surface area contributed by atoms with Crippen molar-refractivity contribution in [2.45, 2.75) is 31.7 Å². The van der Waals surface area contributed by atoms with Gasteiger partial charge in [0.15, 0.2) is 0 Å². The summed E-state index contributed by atoms with van der Waals surface area (Å²) in [6.45, 7) is 1.41. The predicted octanol–water partition coefficient (Wildman–Crippen LogP) is 0.830. The summed E-state index contributed by atoms with van der Waals surface area (Å²) in [7, 11) is 0. The van der Waals surface area contributed by atoms with Crippen LogP contribution in [0.25, 0.3) is 0 Å². The average molecular weight is 335 g/mol. The molecule has 1 aromatic heterocycles. The van der Waals surface area contributed by atoms with Gasteiger partial charge in [-0.1, -0.05) is 6.07 Å². The molecule has 1 fully saturated rings. The van der Waals surface area contributed by atoms with Crippen LogP contribution in [0.4, 0.5) is 5.82 Å². The topological polar surface area (TPSA) is 93.3 Å². The fourth-order valence-electron chi connectivity index (χ4n) is 3.59. The van der Waals surface area contributed by atoms with E-state index in [2.05, 4.69) is 16.0 Å². The highest BCUT2D eigenvalue weighted by Crippen LogP contribution is 2.29. The van der Waals surface area contributed by atoms with Crippen molar-refractivity contribution in [2.24, 2.45) is 0 Å². The molecule has 1 amide bonds. The zero-order chi connectivity index (χ0) is 17.4. The van der Waals surface area contributed by atoms with Crippen LogP contribution < -0.4 is 4.90 Å². The van der Waals surface area contributed by atoms with Crippen LogP contribution in [0.5, 0.6) is 0 Å². The van der Waals surface area contributed by atoms with Gasteiger partial charge in [-0.05, 0) is 29.3 Å². The number of aliphatic hydroxyl groups is 1. The van der Waals surface area contributed by atoms with Crippen LogP contribution in [0.1, 0.15) is 23.1 Å². The molecule has 1 N–H and O–H groups in total. The minimum Gasteiger partial charge on any atom is -0.391 e. The van der Waals surface area contributed by atoms with Crippen LogP contribution in [0, 0.1) is 11.3 Å². The Balaban J connectivity index is 1.55. The monoisotopic (exact) mass is 335 g/mol. The Kier molecular flexibility index (Phi) is 3.82. The van der Waals surface area contributed by atoms with Crippen molar-refractivity contribution in [3.8, 4) is 6.07 Å². The lowest BCUT2D eigenvalue weighted by atomic mass is 10.1. The predicted molar refractivity (Wildman–Crippen MR) is 89.2 cm³/mol. The number of anilines is 1. The van der Waals surface area contributed by atoms with E-state index in [4.69, 9.17) is 5.26 Å². The molecule has 0 saturated carbocycles. The lowest BCUT2D eigenvalue weighted by Crippen LogP contribution is -2.44. The maximum absolute atomic E-state index is 13.1. The van der Waals surface area contributed by atoms with Crippen molar-refractivity contribution in [3.05, 3.63) is 53.5 Å². The van der Waals surface area contributed by atoms with E-state index in [0.717, 1.165) is 11.1 Å². The van der Waals surface area contributed by atoms with Gasteiger partial charge in [0.25, 0.3) is 0 Å². The minimum atomic E-state index is -0.556. The number of nitrogens with zero attached hydrogens (tertiary/aromatic N) is 5. The van der Waals surface area contributed by atoms with Gasteiger partial charge in [-0.15, -0.1) is 0 Å². The summed E-state index contributed by atoms with van der Waals surface area (Å²) in [5.41, 5.74) is 2.69. The van der Waals surface area contributed by atoms with E-state index in [1.54, 1.807) is 23.2 Å². The van der Waals surface area contributed by atoms with Crippen molar-refractivity contribution < 1.29 is 9.90 Å². The second-order valence-electron chi connectivity index (χ2n) is 6.41. The number of amides is 1. The van der Waals surface area contributed by atoms with E-state index < -0.39 is 12.1 Å². The molecule has 3 heterocycles. The van der Waals surface area contributed by atoms with Crippen molar-refractivity contribution in [2.75, 3.05) is 11.4 Å². The van der Waals surface area contributed by atoms with Gasteiger partial charge in [0, 0.05) is 32.3 Å². The van der Waals surface area contributed by atoms with Gasteiger partial charge < -0.3 is 14.9 Å². The summed E-state index contributed by atoms with van der Waals surface area (Å²) in [4.78, 5) is 24.8.